The number of aliphatic imine (C=N–C) groups is 1. The molecule has 238 valence electrons. The van der Waals surface area contributed by atoms with E-state index in [4.69, 9.17) is 4.74 Å². The number of likely N-dealkylation sites (N-methyl/N-ethyl adjacent to an activating group) is 3. The Labute approximate surface area is 273 Å². The molecule has 0 bridgehead atoms. The Balaban J connectivity index is -0.000000522. The van der Waals surface area contributed by atoms with Gasteiger partial charge in [0.15, 0.2) is 5.78 Å². The van der Waals surface area contributed by atoms with E-state index >= 15 is 0 Å². The van der Waals surface area contributed by atoms with Crippen LogP contribution in [0.2, 0.25) is 0 Å². The van der Waals surface area contributed by atoms with Gasteiger partial charge < -0.3 is 9.64 Å². The molecule has 0 saturated carbocycles. The average molecular weight is 791 g/mol. The molecule has 4 aliphatic rings. The maximum Gasteiger partial charge on any atom is 0.164 e. The van der Waals surface area contributed by atoms with Gasteiger partial charge in [-0.3, -0.25) is 19.6 Å². The third-order valence-corrected chi connectivity index (χ3v) is 7.45. The van der Waals surface area contributed by atoms with Crippen LogP contribution in [0.4, 0.5) is 0 Å². The first-order valence-electron chi connectivity index (χ1n) is 15.7. The summed E-state index contributed by atoms with van der Waals surface area (Å²) in [5, 5.41) is 0. The summed E-state index contributed by atoms with van der Waals surface area (Å²) >= 11 is 4.24. The van der Waals surface area contributed by atoms with E-state index < -0.39 is 0 Å². The Bertz CT molecular complexity index is 783. The standard InChI is InChI=1S/2C12H20N2O.4C2H6.I2/c1-5-14-8(2)11-10(15-4)6-7-13-12(11)9(14)3;1-5-14-8(2)11-10(15)6-7-13(4)12(11)9(14)3;5*1-2/h2*8-9H,5-7H2,1-4H3;4*1-2H3;. The molecular formula is C32H64I2N4O2. The summed E-state index contributed by atoms with van der Waals surface area (Å²) < 4.78 is 5.49. The lowest BCUT2D eigenvalue weighted by molar-refractivity contribution is -0.116. The van der Waals surface area contributed by atoms with Crippen molar-refractivity contribution in [3.8, 4) is 0 Å². The monoisotopic (exact) mass is 790 g/mol. The van der Waals surface area contributed by atoms with Gasteiger partial charge in [0.05, 0.1) is 12.8 Å². The molecule has 0 aliphatic carbocycles. The molecule has 1 saturated heterocycles. The van der Waals surface area contributed by atoms with Crippen LogP contribution in [-0.4, -0.2) is 90.7 Å². The van der Waals surface area contributed by atoms with E-state index in [0.29, 0.717) is 36.4 Å². The Kier molecular flexibility index (Phi) is 28.0. The number of carbonyl (C=O) groups is 1. The van der Waals surface area contributed by atoms with Crippen LogP contribution < -0.4 is 0 Å². The highest BCUT2D eigenvalue weighted by atomic mass is 128. The van der Waals surface area contributed by atoms with Crippen molar-refractivity contribution in [2.75, 3.05) is 40.3 Å². The number of halogens is 2. The molecule has 0 N–H and O–H groups in total. The molecule has 4 heterocycles. The summed E-state index contributed by atoms with van der Waals surface area (Å²) in [4.78, 5) is 23.7. The van der Waals surface area contributed by atoms with Crippen LogP contribution in [0.15, 0.2) is 27.6 Å². The first kappa shape index (κ1) is 44.2. The van der Waals surface area contributed by atoms with Gasteiger partial charge in [0, 0.05) is 111 Å². The maximum absolute atomic E-state index is 11.9. The SMILES string of the molecule is CC.CC.CC.CC.CCN1C(C)C2=C(C1C)N(C)CCC2=O.CCN1C(C)C2=NCCC(OC)=C2C1C.II. The molecule has 1 fully saturated rings. The second kappa shape index (κ2) is 25.3. The maximum atomic E-state index is 11.9. The van der Waals surface area contributed by atoms with Crippen molar-refractivity contribution in [1.29, 1.82) is 0 Å². The Hall–Kier alpha value is -0.200. The normalized spacial score (nSPS) is 24.8. The van der Waals surface area contributed by atoms with Crippen molar-refractivity contribution in [1.82, 2.24) is 14.7 Å². The van der Waals surface area contributed by atoms with Gasteiger partial charge in [-0.25, -0.2) is 0 Å². The van der Waals surface area contributed by atoms with E-state index in [9.17, 15) is 4.79 Å². The zero-order valence-corrected chi connectivity index (χ0v) is 33.2. The predicted molar refractivity (Wildman–Crippen MR) is 196 cm³/mol. The summed E-state index contributed by atoms with van der Waals surface area (Å²) in [6.45, 7) is 33.1. The van der Waals surface area contributed by atoms with E-state index in [1.807, 2.05) is 55.4 Å². The third kappa shape index (κ3) is 10.8. The lowest BCUT2D eigenvalue weighted by atomic mass is 9.97. The van der Waals surface area contributed by atoms with Crippen LogP contribution in [0.25, 0.3) is 0 Å². The number of dihydropyridines is 1. The molecule has 0 aromatic rings. The van der Waals surface area contributed by atoms with Crippen molar-refractivity contribution in [3.63, 3.8) is 0 Å². The topological polar surface area (TPSA) is 48.4 Å². The summed E-state index contributed by atoms with van der Waals surface area (Å²) in [6, 6.07) is 1.61. The smallest absolute Gasteiger partial charge is 0.164 e. The number of fused-ring (bicyclic) bond motifs is 1. The minimum atomic E-state index is 0.301. The molecule has 0 aromatic carbocycles. The third-order valence-electron chi connectivity index (χ3n) is 7.45. The fourth-order valence-electron chi connectivity index (χ4n) is 5.93. The number of ether oxygens (including phenoxy) is 1. The van der Waals surface area contributed by atoms with Gasteiger partial charge in [-0.1, -0.05) is 69.2 Å². The van der Waals surface area contributed by atoms with Crippen molar-refractivity contribution in [2.45, 2.75) is 134 Å². The second-order valence-electron chi connectivity index (χ2n) is 8.82. The fraction of sp³-hybridized carbons (Fsp3) is 0.812. The van der Waals surface area contributed by atoms with Gasteiger partial charge >= 0.3 is 0 Å². The molecule has 0 spiro atoms. The largest absolute Gasteiger partial charge is 0.501 e. The molecule has 4 aliphatic heterocycles. The fourth-order valence-corrected chi connectivity index (χ4v) is 5.93. The minimum Gasteiger partial charge on any atom is -0.501 e. The van der Waals surface area contributed by atoms with E-state index in [1.165, 1.54) is 17.0 Å². The van der Waals surface area contributed by atoms with Crippen LogP contribution in [0, 0.1) is 0 Å². The number of Topliss-reactive ketones (excluding diaryl/α,β-unsaturated/α-hetero) is 1. The van der Waals surface area contributed by atoms with Gasteiger partial charge in [0.2, 0.25) is 0 Å². The summed E-state index contributed by atoms with van der Waals surface area (Å²) in [5.74, 6) is 1.51. The van der Waals surface area contributed by atoms with Crippen LogP contribution >= 0.6 is 37.2 Å². The minimum absolute atomic E-state index is 0.301. The number of nitrogens with zero attached hydrogens (tertiary/aromatic N) is 4. The van der Waals surface area contributed by atoms with Gasteiger partial charge in [-0.15, -0.1) is 0 Å². The molecule has 6 nitrogen and oxygen atoms in total. The number of carbonyl (C=O) groups excluding carboxylic acids is 1. The van der Waals surface area contributed by atoms with Crippen LogP contribution in [-0.2, 0) is 9.53 Å². The van der Waals surface area contributed by atoms with Crippen LogP contribution in [0.5, 0.6) is 0 Å². The van der Waals surface area contributed by atoms with Gasteiger partial charge in [0.25, 0.3) is 0 Å². The van der Waals surface area contributed by atoms with Crippen molar-refractivity contribution in [3.05, 3.63) is 22.6 Å². The number of ketones is 1. The Morgan fingerprint density at radius 2 is 1.23 bits per heavy atom. The van der Waals surface area contributed by atoms with E-state index in [-0.39, 0.29) is 0 Å². The number of methoxy groups -OCH3 is 1. The quantitative estimate of drug-likeness (QED) is 0.268. The first-order valence-corrected chi connectivity index (χ1v) is 22.0. The number of likely N-dealkylation sites (tertiary alicyclic amines) is 1. The zero-order valence-electron chi connectivity index (χ0n) is 28.9. The highest BCUT2D eigenvalue weighted by Crippen LogP contribution is 2.35. The molecule has 4 unspecified atom stereocenters. The lowest BCUT2D eigenvalue weighted by Crippen LogP contribution is -2.37. The van der Waals surface area contributed by atoms with E-state index in [0.717, 1.165) is 43.9 Å². The average Bonchev–Trinajstić information content (AvgIpc) is 3.44. The highest BCUT2D eigenvalue weighted by molar-refractivity contribution is 15.0. The van der Waals surface area contributed by atoms with Gasteiger partial charge in [-0.2, -0.15) is 0 Å². The van der Waals surface area contributed by atoms with E-state index in [2.05, 4.69) is 106 Å². The number of hydrogen-bond acceptors (Lipinski definition) is 6. The Morgan fingerprint density at radius 3 is 1.65 bits per heavy atom. The van der Waals surface area contributed by atoms with Crippen LogP contribution in [0.3, 0.4) is 0 Å². The first-order chi connectivity index (χ1) is 19.3. The Morgan fingerprint density at radius 1 is 0.775 bits per heavy atom. The second-order valence-corrected chi connectivity index (χ2v) is 8.82. The van der Waals surface area contributed by atoms with Crippen molar-refractivity contribution in [2.24, 2.45) is 4.99 Å². The molecule has 8 heteroatoms. The summed E-state index contributed by atoms with van der Waals surface area (Å²) in [6.07, 6.45) is 1.65. The molecule has 0 amide bonds. The summed E-state index contributed by atoms with van der Waals surface area (Å²) in [7, 11) is 3.88. The van der Waals surface area contributed by atoms with Gasteiger partial charge in [0.1, 0.15) is 5.76 Å². The van der Waals surface area contributed by atoms with Crippen molar-refractivity contribution >= 4 is 48.7 Å². The molecule has 40 heavy (non-hydrogen) atoms. The number of hydrogen-bond donors (Lipinski definition) is 0. The lowest BCUT2D eigenvalue weighted by Gasteiger charge is -2.30. The zero-order chi connectivity index (χ0) is 32.2. The predicted octanol–water partition coefficient (Wildman–Crippen LogP) is 8.98. The highest BCUT2D eigenvalue weighted by Gasteiger charge is 2.41. The van der Waals surface area contributed by atoms with Gasteiger partial charge in [-0.05, 0) is 40.8 Å². The van der Waals surface area contributed by atoms with Crippen LogP contribution in [0.1, 0.15) is 110 Å². The molecular weight excluding hydrogens is 726 g/mol. The molecule has 0 radical (unpaired) electrons. The molecule has 4 atom stereocenters. The molecule has 0 aromatic heterocycles. The molecule has 4 rings (SSSR count). The summed E-state index contributed by atoms with van der Waals surface area (Å²) in [5.41, 5.74) is 4.93. The van der Waals surface area contributed by atoms with E-state index in [1.54, 1.807) is 7.11 Å². The number of rotatable bonds is 3. The van der Waals surface area contributed by atoms with Crippen molar-refractivity contribution < 1.29 is 9.53 Å².